The number of carbonyl (C=O) groups is 2. The van der Waals surface area contributed by atoms with Gasteiger partial charge in [0.05, 0.1) is 6.61 Å². The van der Waals surface area contributed by atoms with Gasteiger partial charge in [0, 0.05) is 12.3 Å². The summed E-state index contributed by atoms with van der Waals surface area (Å²) in [5, 5.41) is 11.0. The lowest BCUT2D eigenvalue weighted by molar-refractivity contribution is -0.187. The molecule has 1 aliphatic rings. The summed E-state index contributed by atoms with van der Waals surface area (Å²) in [6.07, 6.45) is -0.538. The SMILES string of the molecule is O=C1CCC(C(C(=O)OCc2ccccc2)C(O)OCc2ccccc2)C1c1ccccc1. The minimum atomic E-state index is -1.39. The topological polar surface area (TPSA) is 72.8 Å². The van der Waals surface area contributed by atoms with E-state index in [0.29, 0.717) is 12.8 Å². The molecule has 1 aliphatic carbocycles. The summed E-state index contributed by atoms with van der Waals surface area (Å²) < 4.78 is 11.3. The molecule has 0 heterocycles. The van der Waals surface area contributed by atoms with Crippen LogP contribution in [-0.2, 0) is 32.3 Å². The van der Waals surface area contributed by atoms with Crippen LogP contribution >= 0.6 is 0 Å². The van der Waals surface area contributed by atoms with E-state index in [-0.39, 0.29) is 19.0 Å². The van der Waals surface area contributed by atoms with E-state index < -0.39 is 30.0 Å². The van der Waals surface area contributed by atoms with Gasteiger partial charge in [0.2, 0.25) is 0 Å². The molecule has 4 unspecified atom stereocenters. The average Bonchev–Trinajstić information content (AvgIpc) is 3.24. The summed E-state index contributed by atoms with van der Waals surface area (Å²) in [5.74, 6) is -2.35. The van der Waals surface area contributed by atoms with Crippen LogP contribution < -0.4 is 0 Å². The number of aliphatic hydroxyl groups is 1. The lowest BCUT2D eigenvalue weighted by atomic mass is 9.79. The van der Waals surface area contributed by atoms with E-state index in [2.05, 4.69) is 0 Å². The Kier molecular flexibility index (Phi) is 7.66. The number of aliphatic hydroxyl groups excluding tert-OH is 1. The molecule has 1 N–H and O–H groups in total. The molecule has 3 aromatic carbocycles. The third-order valence-electron chi connectivity index (χ3n) is 6.19. The molecule has 5 heteroatoms. The fourth-order valence-corrected chi connectivity index (χ4v) is 4.54. The summed E-state index contributed by atoms with van der Waals surface area (Å²) in [6.45, 7) is 0.249. The van der Waals surface area contributed by atoms with Crippen LogP contribution in [0, 0.1) is 11.8 Å². The highest BCUT2D eigenvalue weighted by Crippen LogP contribution is 2.43. The quantitative estimate of drug-likeness (QED) is 0.384. The molecule has 0 aliphatic heterocycles. The second-order valence-electron chi connectivity index (χ2n) is 8.36. The van der Waals surface area contributed by atoms with E-state index >= 15 is 0 Å². The normalized spacial score (nSPS) is 19.7. The van der Waals surface area contributed by atoms with Crippen molar-refractivity contribution >= 4 is 11.8 Å². The van der Waals surface area contributed by atoms with Crippen LogP contribution in [0.3, 0.4) is 0 Å². The van der Waals surface area contributed by atoms with Gasteiger partial charge in [-0.15, -0.1) is 0 Å². The van der Waals surface area contributed by atoms with Crippen molar-refractivity contribution in [1.82, 2.24) is 0 Å². The number of esters is 1. The van der Waals surface area contributed by atoms with Gasteiger partial charge in [-0.25, -0.2) is 0 Å². The molecule has 0 spiro atoms. The predicted molar refractivity (Wildman–Crippen MR) is 124 cm³/mol. The first kappa shape index (κ1) is 22.9. The molecule has 1 fully saturated rings. The van der Waals surface area contributed by atoms with Crippen LogP contribution in [0.15, 0.2) is 91.0 Å². The van der Waals surface area contributed by atoms with Crippen molar-refractivity contribution in [2.45, 2.75) is 38.3 Å². The van der Waals surface area contributed by atoms with E-state index in [1.807, 2.05) is 91.0 Å². The van der Waals surface area contributed by atoms with Gasteiger partial charge in [-0.3, -0.25) is 9.59 Å². The first-order valence-electron chi connectivity index (χ1n) is 11.3. The highest BCUT2D eigenvalue weighted by atomic mass is 16.6. The number of ketones is 1. The summed E-state index contributed by atoms with van der Waals surface area (Å²) in [5.41, 5.74) is 2.59. The first-order chi connectivity index (χ1) is 16.1. The van der Waals surface area contributed by atoms with Gasteiger partial charge in [0.15, 0.2) is 6.29 Å². The first-order valence-corrected chi connectivity index (χ1v) is 11.3. The zero-order chi connectivity index (χ0) is 23.0. The lowest BCUT2D eigenvalue weighted by Gasteiger charge is -2.30. The standard InChI is InChI=1S/C28H28O5/c29-24-17-16-23(25(24)22-14-8-3-9-15-22)26(27(30)32-18-20-10-4-1-5-11-20)28(31)33-19-21-12-6-2-7-13-21/h1-15,23,25-27,30H,16-19H2. The Morgan fingerprint density at radius 2 is 1.39 bits per heavy atom. The molecule has 4 rings (SSSR count). The zero-order valence-corrected chi connectivity index (χ0v) is 18.4. The van der Waals surface area contributed by atoms with E-state index in [4.69, 9.17) is 9.47 Å². The predicted octanol–water partition coefficient (Wildman–Crippen LogP) is 4.64. The van der Waals surface area contributed by atoms with Gasteiger partial charge in [-0.05, 0) is 29.0 Å². The molecule has 0 aromatic heterocycles. The number of hydrogen-bond acceptors (Lipinski definition) is 5. The maximum atomic E-state index is 13.3. The minimum absolute atomic E-state index is 0.0716. The highest BCUT2D eigenvalue weighted by Gasteiger charge is 2.47. The van der Waals surface area contributed by atoms with Crippen LogP contribution in [0.4, 0.5) is 0 Å². The summed E-state index contributed by atoms with van der Waals surface area (Å²) >= 11 is 0. The molecule has 170 valence electrons. The largest absolute Gasteiger partial charge is 0.460 e. The van der Waals surface area contributed by atoms with Gasteiger partial charge in [-0.2, -0.15) is 0 Å². The monoisotopic (exact) mass is 444 g/mol. The highest BCUT2D eigenvalue weighted by molar-refractivity contribution is 5.89. The van der Waals surface area contributed by atoms with Gasteiger partial charge in [-0.1, -0.05) is 91.0 Å². The average molecular weight is 445 g/mol. The maximum absolute atomic E-state index is 13.3. The van der Waals surface area contributed by atoms with Gasteiger partial charge in [0.25, 0.3) is 0 Å². The minimum Gasteiger partial charge on any atom is -0.460 e. The van der Waals surface area contributed by atoms with E-state index in [0.717, 1.165) is 16.7 Å². The molecule has 0 amide bonds. The van der Waals surface area contributed by atoms with Crippen LogP contribution in [0.1, 0.15) is 35.4 Å². The summed E-state index contributed by atoms with van der Waals surface area (Å²) in [7, 11) is 0. The number of rotatable bonds is 9. The van der Waals surface area contributed by atoms with Gasteiger partial charge >= 0.3 is 5.97 Å². The number of ether oxygens (including phenoxy) is 2. The van der Waals surface area contributed by atoms with Crippen LogP contribution in [0.2, 0.25) is 0 Å². The number of Topliss-reactive ketones (excluding diaryl/α,β-unsaturated/α-hetero) is 1. The molecule has 0 saturated heterocycles. The summed E-state index contributed by atoms with van der Waals surface area (Å²) in [6, 6.07) is 28.3. The molecule has 3 aromatic rings. The van der Waals surface area contributed by atoms with Crippen molar-refractivity contribution in [3.63, 3.8) is 0 Å². The fraction of sp³-hybridized carbons (Fsp3) is 0.286. The molecule has 0 bridgehead atoms. The Balaban J connectivity index is 1.55. The van der Waals surface area contributed by atoms with E-state index in [9.17, 15) is 14.7 Å². The third kappa shape index (κ3) is 5.75. The lowest BCUT2D eigenvalue weighted by Crippen LogP contribution is -2.39. The van der Waals surface area contributed by atoms with Crippen LogP contribution in [0.5, 0.6) is 0 Å². The Morgan fingerprint density at radius 1 is 0.848 bits per heavy atom. The van der Waals surface area contributed by atoms with Crippen molar-refractivity contribution in [3.8, 4) is 0 Å². The number of benzene rings is 3. The Morgan fingerprint density at radius 3 is 2.00 bits per heavy atom. The number of carbonyl (C=O) groups excluding carboxylic acids is 2. The van der Waals surface area contributed by atoms with Crippen LogP contribution in [-0.4, -0.2) is 23.1 Å². The van der Waals surface area contributed by atoms with Gasteiger partial charge < -0.3 is 14.6 Å². The summed E-state index contributed by atoms with van der Waals surface area (Å²) in [4.78, 5) is 26.1. The van der Waals surface area contributed by atoms with Crippen molar-refractivity contribution in [2.24, 2.45) is 11.8 Å². The van der Waals surface area contributed by atoms with Crippen molar-refractivity contribution in [2.75, 3.05) is 0 Å². The van der Waals surface area contributed by atoms with Gasteiger partial charge in [0.1, 0.15) is 18.3 Å². The Hall–Kier alpha value is -3.28. The molecular formula is C28H28O5. The third-order valence-corrected chi connectivity index (χ3v) is 6.19. The maximum Gasteiger partial charge on any atom is 0.314 e. The van der Waals surface area contributed by atoms with E-state index in [1.165, 1.54) is 0 Å². The van der Waals surface area contributed by atoms with Crippen LogP contribution in [0.25, 0.3) is 0 Å². The molecule has 1 saturated carbocycles. The molecule has 4 atom stereocenters. The second kappa shape index (κ2) is 11.0. The van der Waals surface area contributed by atoms with E-state index in [1.54, 1.807) is 0 Å². The Labute approximate surface area is 194 Å². The molecular weight excluding hydrogens is 416 g/mol. The Bertz CT molecular complexity index is 1040. The number of hydrogen-bond donors (Lipinski definition) is 1. The molecule has 0 radical (unpaired) electrons. The van der Waals surface area contributed by atoms with Crippen molar-refractivity contribution in [3.05, 3.63) is 108 Å². The second-order valence-corrected chi connectivity index (χ2v) is 8.36. The smallest absolute Gasteiger partial charge is 0.314 e. The molecule has 5 nitrogen and oxygen atoms in total. The van der Waals surface area contributed by atoms with Crippen molar-refractivity contribution in [1.29, 1.82) is 0 Å². The van der Waals surface area contributed by atoms with Crippen molar-refractivity contribution < 1.29 is 24.2 Å². The zero-order valence-electron chi connectivity index (χ0n) is 18.4. The molecule has 33 heavy (non-hydrogen) atoms. The fourth-order valence-electron chi connectivity index (χ4n) is 4.54.